The first-order valence-electron chi connectivity index (χ1n) is 5.06. The van der Waals surface area contributed by atoms with Gasteiger partial charge in [0.05, 0.1) is 12.6 Å². The fourth-order valence-electron chi connectivity index (χ4n) is 2.03. The first-order chi connectivity index (χ1) is 7.84. The summed E-state index contributed by atoms with van der Waals surface area (Å²) in [6.07, 6.45) is -4.35. The van der Waals surface area contributed by atoms with Gasteiger partial charge in [-0.2, -0.15) is 13.2 Å². The smallest absolute Gasteiger partial charge is 0.431 e. The molecule has 0 saturated heterocycles. The monoisotopic (exact) mass is 243 g/mol. The molecular formula is C12H12F3NO. The quantitative estimate of drug-likeness (QED) is 0.747. The van der Waals surface area contributed by atoms with Gasteiger partial charge < -0.3 is 9.30 Å². The second kappa shape index (κ2) is 3.68. The molecule has 0 bridgehead atoms. The predicted octanol–water partition coefficient (Wildman–Crippen LogP) is 3.51. The predicted molar refractivity (Wildman–Crippen MR) is 59.2 cm³/mol. The van der Waals surface area contributed by atoms with Crippen molar-refractivity contribution in [2.24, 2.45) is 7.05 Å². The number of rotatable bonds is 1. The number of hydrogen-bond acceptors (Lipinski definition) is 1. The molecule has 0 saturated carbocycles. The molecule has 2 aromatic rings. The minimum atomic E-state index is -4.35. The summed E-state index contributed by atoms with van der Waals surface area (Å²) in [6.45, 7) is 1.82. The van der Waals surface area contributed by atoms with Crippen LogP contribution < -0.4 is 4.74 Å². The van der Waals surface area contributed by atoms with Crippen molar-refractivity contribution in [2.45, 2.75) is 13.1 Å². The van der Waals surface area contributed by atoms with Gasteiger partial charge >= 0.3 is 6.18 Å². The summed E-state index contributed by atoms with van der Waals surface area (Å²) in [7, 11) is 2.84. The van der Waals surface area contributed by atoms with Crippen LogP contribution in [0.4, 0.5) is 13.2 Å². The number of aryl methyl sites for hydroxylation is 2. The van der Waals surface area contributed by atoms with Crippen molar-refractivity contribution in [3.8, 4) is 5.75 Å². The third-order valence-electron chi connectivity index (χ3n) is 2.75. The zero-order valence-electron chi connectivity index (χ0n) is 9.72. The van der Waals surface area contributed by atoms with Gasteiger partial charge in [0.1, 0.15) is 11.4 Å². The van der Waals surface area contributed by atoms with Crippen molar-refractivity contribution in [3.05, 3.63) is 29.5 Å². The van der Waals surface area contributed by atoms with Crippen LogP contribution in [0.15, 0.2) is 18.2 Å². The molecule has 0 aliphatic heterocycles. The van der Waals surface area contributed by atoms with Crippen LogP contribution in [-0.4, -0.2) is 11.7 Å². The van der Waals surface area contributed by atoms with Gasteiger partial charge in [0.2, 0.25) is 0 Å². The van der Waals surface area contributed by atoms with E-state index in [4.69, 9.17) is 4.74 Å². The molecule has 1 aromatic carbocycles. The van der Waals surface area contributed by atoms with Crippen LogP contribution in [0, 0.1) is 6.92 Å². The molecule has 17 heavy (non-hydrogen) atoms. The Morgan fingerprint density at radius 1 is 1.18 bits per heavy atom. The third-order valence-corrected chi connectivity index (χ3v) is 2.75. The van der Waals surface area contributed by atoms with E-state index in [-0.39, 0.29) is 0 Å². The summed E-state index contributed by atoms with van der Waals surface area (Å²) in [5, 5.41) is 0.539. The summed E-state index contributed by atoms with van der Waals surface area (Å²) >= 11 is 0. The van der Waals surface area contributed by atoms with E-state index in [0.29, 0.717) is 16.7 Å². The first-order valence-corrected chi connectivity index (χ1v) is 5.06. The molecule has 92 valence electrons. The molecular weight excluding hydrogens is 231 g/mol. The van der Waals surface area contributed by atoms with E-state index in [1.165, 1.54) is 14.2 Å². The minimum Gasteiger partial charge on any atom is -0.495 e. The number of benzene rings is 1. The van der Waals surface area contributed by atoms with Crippen LogP contribution in [0.2, 0.25) is 0 Å². The van der Waals surface area contributed by atoms with Crippen molar-refractivity contribution >= 4 is 10.9 Å². The Labute approximate surface area is 96.6 Å². The highest BCUT2D eigenvalue weighted by molar-refractivity contribution is 5.88. The Bertz CT molecular complexity index is 569. The summed E-state index contributed by atoms with van der Waals surface area (Å²) < 4.78 is 44.5. The maximum absolute atomic E-state index is 12.8. The van der Waals surface area contributed by atoms with Gasteiger partial charge in [0, 0.05) is 12.4 Å². The minimum absolute atomic E-state index is 0.456. The largest absolute Gasteiger partial charge is 0.495 e. The summed E-state index contributed by atoms with van der Waals surface area (Å²) in [5.41, 5.74) is 0.662. The maximum Gasteiger partial charge on any atom is 0.431 e. The normalized spacial score (nSPS) is 12.1. The van der Waals surface area contributed by atoms with Crippen molar-refractivity contribution in [1.29, 1.82) is 0 Å². The number of ether oxygens (including phenoxy) is 1. The van der Waals surface area contributed by atoms with Crippen molar-refractivity contribution in [3.63, 3.8) is 0 Å². The average molecular weight is 243 g/mol. The van der Waals surface area contributed by atoms with E-state index < -0.39 is 11.9 Å². The Kier molecular flexibility index (Phi) is 2.56. The second-order valence-electron chi connectivity index (χ2n) is 3.99. The molecule has 0 amide bonds. The summed E-state index contributed by atoms with van der Waals surface area (Å²) in [4.78, 5) is 0. The highest BCUT2D eigenvalue weighted by atomic mass is 19.4. The molecule has 1 heterocycles. The lowest BCUT2D eigenvalue weighted by atomic mass is 10.1. The highest BCUT2D eigenvalue weighted by Crippen LogP contribution is 2.36. The van der Waals surface area contributed by atoms with Crippen LogP contribution in [0.5, 0.6) is 5.75 Å². The molecule has 5 heteroatoms. The Hall–Kier alpha value is -1.65. The molecule has 0 radical (unpaired) electrons. The lowest BCUT2D eigenvalue weighted by Crippen LogP contribution is -2.10. The van der Waals surface area contributed by atoms with E-state index in [1.54, 1.807) is 12.1 Å². The molecule has 0 fully saturated rings. The zero-order chi connectivity index (χ0) is 12.8. The van der Waals surface area contributed by atoms with E-state index in [0.717, 1.165) is 16.2 Å². The highest BCUT2D eigenvalue weighted by Gasteiger charge is 2.35. The molecule has 0 atom stereocenters. The van der Waals surface area contributed by atoms with E-state index in [1.807, 2.05) is 6.92 Å². The van der Waals surface area contributed by atoms with Gasteiger partial charge in [-0.1, -0.05) is 0 Å². The Morgan fingerprint density at radius 3 is 2.35 bits per heavy atom. The second-order valence-corrected chi connectivity index (χ2v) is 3.99. The van der Waals surface area contributed by atoms with Gasteiger partial charge in [-0.15, -0.1) is 0 Å². The number of nitrogens with zero attached hydrogens (tertiary/aromatic N) is 1. The molecule has 0 unspecified atom stereocenters. The van der Waals surface area contributed by atoms with Crippen LogP contribution in [0.3, 0.4) is 0 Å². The molecule has 1 aromatic heterocycles. The van der Waals surface area contributed by atoms with Gasteiger partial charge in [0.15, 0.2) is 0 Å². The summed E-state index contributed by atoms with van der Waals surface area (Å²) in [6, 6.07) is 4.58. The molecule has 0 N–H and O–H groups in total. The first kappa shape index (κ1) is 11.8. The van der Waals surface area contributed by atoms with Crippen molar-refractivity contribution in [1.82, 2.24) is 4.57 Å². The lowest BCUT2D eigenvalue weighted by molar-refractivity contribution is -0.142. The zero-order valence-corrected chi connectivity index (χ0v) is 9.72. The number of halogens is 3. The average Bonchev–Trinajstić information content (AvgIpc) is 2.54. The van der Waals surface area contributed by atoms with E-state index in [2.05, 4.69) is 0 Å². The molecule has 2 rings (SSSR count). The van der Waals surface area contributed by atoms with Crippen LogP contribution in [-0.2, 0) is 13.2 Å². The fraction of sp³-hybridized carbons (Fsp3) is 0.333. The maximum atomic E-state index is 12.8. The standard InChI is InChI=1S/C12H12F3NO/c1-7-4-8-6-10(12(13,14)15)16(2)11(8)9(5-7)17-3/h4-6H,1-3H3. The lowest BCUT2D eigenvalue weighted by Gasteiger charge is -2.09. The van der Waals surface area contributed by atoms with Gasteiger partial charge in [0.25, 0.3) is 0 Å². The molecule has 0 aliphatic rings. The van der Waals surface area contributed by atoms with Gasteiger partial charge in [-0.3, -0.25) is 0 Å². The fourth-order valence-corrected chi connectivity index (χ4v) is 2.03. The number of alkyl halides is 3. The number of aromatic nitrogens is 1. The van der Waals surface area contributed by atoms with Crippen LogP contribution in [0.1, 0.15) is 11.3 Å². The van der Waals surface area contributed by atoms with E-state index in [9.17, 15) is 13.2 Å². The molecule has 0 aliphatic carbocycles. The molecule has 2 nitrogen and oxygen atoms in total. The SMILES string of the molecule is COc1cc(C)cc2cc(C(F)(F)F)n(C)c12. The van der Waals surface area contributed by atoms with Gasteiger partial charge in [-0.25, -0.2) is 0 Å². The third kappa shape index (κ3) is 1.85. The van der Waals surface area contributed by atoms with Crippen molar-refractivity contribution in [2.75, 3.05) is 7.11 Å². The Morgan fingerprint density at radius 2 is 1.82 bits per heavy atom. The van der Waals surface area contributed by atoms with Gasteiger partial charge in [-0.05, 0) is 30.7 Å². The Balaban J connectivity index is 2.82. The van der Waals surface area contributed by atoms with E-state index >= 15 is 0 Å². The number of fused-ring (bicyclic) bond motifs is 1. The summed E-state index contributed by atoms with van der Waals surface area (Å²) in [5.74, 6) is 0.456. The molecule has 0 spiro atoms. The topological polar surface area (TPSA) is 14.2 Å². The van der Waals surface area contributed by atoms with Crippen molar-refractivity contribution < 1.29 is 17.9 Å². The number of methoxy groups -OCH3 is 1. The van der Waals surface area contributed by atoms with Crippen LogP contribution in [0.25, 0.3) is 10.9 Å². The number of hydrogen-bond donors (Lipinski definition) is 0. The van der Waals surface area contributed by atoms with Crippen LogP contribution >= 0.6 is 0 Å².